The van der Waals surface area contributed by atoms with Gasteiger partial charge in [-0.25, -0.2) is 0 Å². The van der Waals surface area contributed by atoms with Gasteiger partial charge >= 0.3 is 0 Å². The number of rotatable bonds is 4. The molecule has 1 aliphatic heterocycles. The van der Waals surface area contributed by atoms with Crippen molar-refractivity contribution in [2.45, 2.75) is 43.7 Å². The van der Waals surface area contributed by atoms with Crippen LogP contribution in [0.5, 0.6) is 5.75 Å². The third-order valence-electron chi connectivity index (χ3n) is 3.46. The zero-order valence-corrected chi connectivity index (χ0v) is 11.5. The topological polar surface area (TPSA) is 120 Å². The summed E-state index contributed by atoms with van der Waals surface area (Å²) in [6.45, 7) is 1.12. The van der Waals surface area contributed by atoms with Crippen molar-refractivity contribution in [1.82, 2.24) is 0 Å². The molecule has 7 heteroatoms. The summed E-state index contributed by atoms with van der Waals surface area (Å²) in [6, 6.07) is 6.49. The monoisotopic (exact) mass is 300 g/mol. The van der Waals surface area contributed by atoms with Crippen LogP contribution in [0.15, 0.2) is 24.3 Å². The largest absolute Gasteiger partial charge is 0.462 e. The van der Waals surface area contributed by atoms with Crippen LogP contribution < -0.4 is 4.74 Å². The first-order valence-corrected chi connectivity index (χ1v) is 6.69. The standard InChI is InChI=1S/C14H20O7/c1-7(16)8-2-4-9(5-3-8)20-14-13(19)12(18)11(17)10(6-15)21-14/h2-5,7,10-19H,6H2,1H3/t7?,10-,11-,12+,13-,14?/m1/s1. The van der Waals surface area contributed by atoms with E-state index in [2.05, 4.69) is 0 Å². The number of ether oxygens (including phenoxy) is 2. The van der Waals surface area contributed by atoms with Gasteiger partial charge in [0.1, 0.15) is 30.2 Å². The number of hydrogen-bond donors (Lipinski definition) is 5. The predicted octanol–water partition coefficient (Wildman–Crippen LogP) is -1.08. The van der Waals surface area contributed by atoms with Crippen molar-refractivity contribution in [1.29, 1.82) is 0 Å². The highest BCUT2D eigenvalue weighted by Crippen LogP contribution is 2.25. The Labute approximate surface area is 122 Å². The molecule has 0 saturated carbocycles. The molecule has 0 bridgehead atoms. The molecule has 0 radical (unpaired) electrons. The second kappa shape index (κ2) is 6.69. The first-order valence-electron chi connectivity index (χ1n) is 6.69. The Morgan fingerprint density at radius 2 is 1.71 bits per heavy atom. The van der Waals surface area contributed by atoms with Gasteiger partial charge in [-0.1, -0.05) is 12.1 Å². The van der Waals surface area contributed by atoms with E-state index in [4.69, 9.17) is 14.6 Å². The van der Waals surface area contributed by atoms with Gasteiger partial charge in [0.2, 0.25) is 6.29 Å². The van der Waals surface area contributed by atoms with Crippen molar-refractivity contribution in [2.75, 3.05) is 6.61 Å². The average molecular weight is 300 g/mol. The number of aliphatic hydroxyl groups excluding tert-OH is 5. The minimum absolute atomic E-state index is 0.365. The van der Waals surface area contributed by atoms with Gasteiger partial charge in [-0.15, -0.1) is 0 Å². The molecular formula is C14H20O7. The van der Waals surface area contributed by atoms with E-state index in [0.717, 1.165) is 0 Å². The molecule has 1 fully saturated rings. The quantitative estimate of drug-likeness (QED) is 0.480. The van der Waals surface area contributed by atoms with Gasteiger partial charge in [-0.3, -0.25) is 0 Å². The Balaban J connectivity index is 2.07. The first-order chi connectivity index (χ1) is 9.93. The lowest BCUT2D eigenvalue weighted by Crippen LogP contribution is -2.60. The summed E-state index contributed by atoms with van der Waals surface area (Å²) in [4.78, 5) is 0. The van der Waals surface area contributed by atoms with E-state index in [0.29, 0.717) is 11.3 Å². The van der Waals surface area contributed by atoms with E-state index in [1.807, 2.05) is 0 Å². The van der Waals surface area contributed by atoms with E-state index in [1.54, 1.807) is 31.2 Å². The van der Waals surface area contributed by atoms with Crippen molar-refractivity contribution in [2.24, 2.45) is 0 Å². The molecule has 7 nitrogen and oxygen atoms in total. The third-order valence-corrected chi connectivity index (χ3v) is 3.46. The van der Waals surface area contributed by atoms with Gasteiger partial charge in [0.25, 0.3) is 0 Å². The molecule has 0 spiro atoms. The molecule has 6 atom stereocenters. The van der Waals surface area contributed by atoms with Crippen LogP contribution in [-0.4, -0.2) is 62.8 Å². The zero-order chi connectivity index (χ0) is 15.6. The van der Waals surface area contributed by atoms with Gasteiger partial charge < -0.3 is 35.0 Å². The Kier molecular flexibility index (Phi) is 5.15. The van der Waals surface area contributed by atoms with Crippen molar-refractivity contribution in [3.8, 4) is 5.75 Å². The number of benzene rings is 1. The Hall–Kier alpha value is -1.22. The van der Waals surface area contributed by atoms with Gasteiger partial charge in [0.05, 0.1) is 12.7 Å². The zero-order valence-electron chi connectivity index (χ0n) is 11.5. The second-order valence-electron chi connectivity index (χ2n) is 5.06. The molecule has 1 heterocycles. The van der Waals surface area contributed by atoms with E-state index in [1.165, 1.54) is 0 Å². The maximum absolute atomic E-state index is 9.84. The molecular weight excluding hydrogens is 280 g/mol. The fourth-order valence-electron chi connectivity index (χ4n) is 2.12. The maximum atomic E-state index is 9.84. The number of hydrogen-bond acceptors (Lipinski definition) is 7. The van der Waals surface area contributed by atoms with E-state index in [-0.39, 0.29) is 0 Å². The minimum Gasteiger partial charge on any atom is -0.462 e. The third kappa shape index (κ3) is 3.52. The molecule has 1 saturated heterocycles. The summed E-state index contributed by atoms with van der Waals surface area (Å²) in [5.41, 5.74) is 0.705. The molecule has 21 heavy (non-hydrogen) atoms. The molecule has 0 aliphatic carbocycles. The molecule has 2 rings (SSSR count). The summed E-state index contributed by atoms with van der Waals surface area (Å²) in [5.74, 6) is 0.365. The Bertz CT molecular complexity index is 445. The summed E-state index contributed by atoms with van der Waals surface area (Å²) in [7, 11) is 0. The van der Waals surface area contributed by atoms with Gasteiger partial charge in [0.15, 0.2) is 0 Å². The molecule has 1 aliphatic rings. The minimum atomic E-state index is -1.47. The van der Waals surface area contributed by atoms with E-state index in [9.17, 15) is 20.4 Å². The predicted molar refractivity (Wildman–Crippen MR) is 71.5 cm³/mol. The lowest BCUT2D eigenvalue weighted by Gasteiger charge is -2.39. The van der Waals surface area contributed by atoms with Crippen molar-refractivity contribution in [3.63, 3.8) is 0 Å². The molecule has 2 unspecified atom stereocenters. The summed E-state index contributed by atoms with van der Waals surface area (Å²) in [5, 5.41) is 47.7. The van der Waals surface area contributed by atoms with Crippen molar-refractivity contribution >= 4 is 0 Å². The SMILES string of the molecule is CC(O)c1ccc(OC2O[C@H](CO)[C@@H](O)[C@H](O)[C@H]2O)cc1. The summed E-state index contributed by atoms with van der Waals surface area (Å²) < 4.78 is 10.6. The smallest absolute Gasteiger partial charge is 0.229 e. The van der Waals surface area contributed by atoms with Crippen molar-refractivity contribution < 1.29 is 35.0 Å². The second-order valence-corrected chi connectivity index (χ2v) is 5.06. The lowest BCUT2D eigenvalue weighted by atomic mass is 9.99. The number of aliphatic hydroxyl groups is 5. The average Bonchev–Trinajstić information content (AvgIpc) is 2.48. The summed E-state index contributed by atoms with van der Waals surface area (Å²) >= 11 is 0. The normalized spacial score (nSPS) is 34.5. The fraction of sp³-hybridized carbons (Fsp3) is 0.571. The lowest BCUT2D eigenvalue weighted by molar-refractivity contribution is -0.277. The van der Waals surface area contributed by atoms with Crippen LogP contribution in [0, 0.1) is 0 Å². The molecule has 1 aromatic carbocycles. The van der Waals surface area contributed by atoms with Crippen LogP contribution in [0.25, 0.3) is 0 Å². The first kappa shape index (κ1) is 16.2. The fourth-order valence-corrected chi connectivity index (χ4v) is 2.12. The van der Waals surface area contributed by atoms with Crippen LogP contribution in [0.2, 0.25) is 0 Å². The summed E-state index contributed by atoms with van der Waals surface area (Å²) in [6.07, 6.45) is -7.16. The van der Waals surface area contributed by atoms with Crippen LogP contribution in [0.4, 0.5) is 0 Å². The molecule has 0 aromatic heterocycles. The van der Waals surface area contributed by atoms with Gasteiger partial charge in [-0.2, -0.15) is 0 Å². The highest BCUT2D eigenvalue weighted by atomic mass is 16.7. The Morgan fingerprint density at radius 3 is 2.24 bits per heavy atom. The van der Waals surface area contributed by atoms with Crippen LogP contribution >= 0.6 is 0 Å². The Morgan fingerprint density at radius 1 is 1.10 bits per heavy atom. The highest BCUT2D eigenvalue weighted by Gasteiger charge is 2.44. The van der Waals surface area contributed by atoms with E-state index < -0.39 is 43.4 Å². The van der Waals surface area contributed by atoms with Crippen LogP contribution in [0.1, 0.15) is 18.6 Å². The van der Waals surface area contributed by atoms with Gasteiger partial charge in [0, 0.05) is 0 Å². The molecule has 0 amide bonds. The van der Waals surface area contributed by atoms with E-state index >= 15 is 0 Å². The van der Waals surface area contributed by atoms with Crippen molar-refractivity contribution in [3.05, 3.63) is 29.8 Å². The maximum Gasteiger partial charge on any atom is 0.229 e. The van der Waals surface area contributed by atoms with Crippen LogP contribution in [0.3, 0.4) is 0 Å². The molecule has 5 N–H and O–H groups in total. The van der Waals surface area contributed by atoms with Crippen LogP contribution in [-0.2, 0) is 4.74 Å². The molecule has 1 aromatic rings. The molecule has 118 valence electrons. The highest BCUT2D eigenvalue weighted by molar-refractivity contribution is 5.28. The van der Waals surface area contributed by atoms with Gasteiger partial charge in [-0.05, 0) is 24.6 Å².